The van der Waals surface area contributed by atoms with Crippen LogP contribution < -0.4 is 20.4 Å². The zero-order chi connectivity index (χ0) is 46.5. The molecule has 0 aliphatic rings. The van der Waals surface area contributed by atoms with Gasteiger partial charge in [0.2, 0.25) is 11.8 Å². The summed E-state index contributed by atoms with van der Waals surface area (Å²) in [6, 6.07) is 0. The summed E-state index contributed by atoms with van der Waals surface area (Å²) in [5, 5.41) is 83.0. The number of halogens is 6. The molecular formula is C35H44I6N6O14. The van der Waals surface area contributed by atoms with Gasteiger partial charge in [0.05, 0.1) is 99.8 Å². The second-order valence-corrected chi connectivity index (χ2v) is 19.3. The van der Waals surface area contributed by atoms with Crippen molar-refractivity contribution in [2.45, 2.75) is 18.6 Å². The van der Waals surface area contributed by atoms with E-state index in [0.29, 0.717) is 0 Å². The summed E-state index contributed by atoms with van der Waals surface area (Å²) in [4.78, 5) is 88.4. The maximum Gasteiger partial charge on any atom is 0.255 e. The highest BCUT2D eigenvalue weighted by molar-refractivity contribution is 14.1. The number of anilines is 2. The van der Waals surface area contributed by atoms with Crippen molar-refractivity contribution in [3.8, 4) is 0 Å². The molecule has 26 heteroatoms. The van der Waals surface area contributed by atoms with Gasteiger partial charge in [-0.1, -0.05) is 0 Å². The van der Waals surface area contributed by atoms with Crippen molar-refractivity contribution in [2.24, 2.45) is 0 Å². The minimum atomic E-state index is -1.32. The van der Waals surface area contributed by atoms with Crippen molar-refractivity contribution >= 4 is 182 Å². The van der Waals surface area contributed by atoms with Gasteiger partial charge in [-0.3, -0.25) is 28.8 Å². The number of carbonyl (C=O) groups is 6. The largest absolute Gasteiger partial charge is 0.395 e. The van der Waals surface area contributed by atoms with E-state index in [4.69, 9.17) is 0 Å². The van der Waals surface area contributed by atoms with Gasteiger partial charge in [-0.05, 0) is 136 Å². The average Bonchev–Trinajstić information content (AvgIpc) is 3.20. The van der Waals surface area contributed by atoms with Gasteiger partial charge in [-0.2, -0.15) is 0 Å². The van der Waals surface area contributed by atoms with Crippen molar-refractivity contribution in [1.82, 2.24) is 20.4 Å². The first-order valence-corrected chi connectivity index (χ1v) is 24.3. The SMILES string of the molecule is CN(CCO)C(=O)c1c(I)c(C(=O)NCC(O)CO)c(I)c(N(CCO)C(=O)CC(=O)N(CCO)c2c(I)c(C(=O)NCC(O)CO)c(I)c(C(=O)N(C)CCO)c2I)c1I. The van der Waals surface area contributed by atoms with Gasteiger partial charge in [0.25, 0.3) is 23.6 Å². The normalized spacial score (nSPS) is 12.1. The lowest BCUT2D eigenvalue weighted by molar-refractivity contribution is -0.126. The minimum absolute atomic E-state index is 0.0296. The summed E-state index contributed by atoms with van der Waals surface area (Å²) in [5.41, 5.74) is -0.359. The van der Waals surface area contributed by atoms with E-state index in [1.807, 2.05) is 45.2 Å². The highest BCUT2D eigenvalue weighted by Crippen LogP contribution is 2.41. The maximum absolute atomic E-state index is 14.4. The van der Waals surface area contributed by atoms with Crippen LogP contribution in [0.2, 0.25) is 0 Å². The quantitative estimate of drug-likeness (QED) is 0.0518. The molecule has 2 aromatic rings. The fraction of sp³-hybridized carbons (Fsp3) is 0.486. The molecule has 6 amide bonds. The lowest BCUT2D eigenvalue weighted by Gasteiger charge is -2.31. The van der Waals surface area contributed by atoms with Gasteiger partial charge in [0, 0.05) is 60.5 Å². The summed E-state index contributed by atoms with van der Waals surface area (Å²) >= 11 is 10.8. The van der Waals surface area contributed by atoms with Gasteiger partial charge in [0.15, 0.2) is 0 Å². The maximum atomic E-state index is 14.4. The summed E-state index contributed by atoms with van der Waals surface area (Å²) in [7, 11) is 2.82. The topological polar surface area (TPSA) is 301 Å². The first-order valence-electron chi connectivity index (χ1n) is 17.8. The predicted molar refractivity (Wildman–Crippen MR) is 272 cm³/mol. The average molecular weight is 1530 g/mol. The zero-order valence-electron chi connectivity index (χ0n) is 32.4. The fourth-order valence-electron chi connectivity index (χ4n) is 5.40. The smallest absolute Gasteiger partial charge is 0.255 e. The molecule has 20 nitrogen and oxygen atoms in total. The first kappa shape index (κ1) is 56.4. The number of nitrogens with zero attached hydrogens (tertiary/aromatic N) is 4. The predicted octanol–water partition coefficient (Wildman–Crippen LogP) is -0.650. The van der Waals surface area contributed by atoms with Crippen LogP contribution in [-0.4, -0.2) is 191 Å². The molecule has 0 aliphatic heterocycles. The number of benzene rings is 2. The van der Waals surface area contributed by atoms with Crippen molar-refractivity contribution in [2.75, 3.05) is 103 Å². The van der Waals surface area contributed by atoms with E-state index in [0.717, 1.165) is 9.80 Å². The van der Waals surface area contributed by atoms with Crippen LogP contribution in [0.15, 0.2) is 0 Å². The number of amides is 6. The van der Waals surface area contributed by atoms with Gasteiger partial charge in [0.1, 0.15) is 6.42 Å². The third-order valence-electron chi connectivity index (χ3n) is 8.54. The van der Waals surface area contributed by atoms with Crippen LogP contribution in [0.25, 0.3) is 0 Å². The first-order chi connectivity index (χ1) is 28.7. The van der Waals surface area contributed by atoms with Crippen LogP contribution in [0, 0.1) is 21.4 Å². The minimum Gasteiger partial charge on any atom is -0.395 e. The third kappa shape index (κ3) is 14.2. The number of likely N-dealkylation sites (N-methyl/N-ethyl adjacent to an activating group) is 2. The Morgan fingerprint density at radius 1 is 0.492 bits per heavy atom. The van der Waals surface area contributed by atoms with Crippen LogP contribution in [-0.2, 0) is 9.59 Å². The van der Waals surface area contributed by atoms with E-state index < -0.39 is 107 Å². The van der Waals surface area contributed by atoms with Crippen molar-refractivity contribution in [3.05, 3.63) is 43.7 Å². The molecule has 2 aromatic carbocycles. The van der Waals surface area contributed by atoms with Crippen LogP contribution in [0.1, 0.15) is 47.9 Å². The van der Waals surface area contributed by atoms with E-state index in [-0.39, 0.29) is 81.2 Å². The molecule has 340 valence electrons. The summed E-state index contributed by atoms with van der Waals surface area (Å²) < 4.78 is 0.812. The molecule has 0 aromatic heterocycles. The molecule has 10 N–H and O–H groups in total. The molecule has 0 fully saturated rings. The number of hydrogen-bond acceptors (Lipinski definition) is 14. The van der Waals surface area contributed by atoms with Crippen molar-refractivity contribution < 1.29 is 69.6 Å². The number of hydrogen-bond donors (Lipinski definition) is 10. The standard InChI is InChI=1S/C35H44I6N6O14/c1-44(3-7-48)34(60)22-24(36)20(32(58)42-12-16(54)14-52)26(38)30(28(22)40)46(5-9-50)18(56)11-19(57)47(6-10-51)31-27(39)21(33(59)43-13-17(55)15-53)25(37)23(29(31)41)35(61)45(2)4-8-49/h16-17,48-55H,3-15H2,1-2H3,(H,42,58)(H,43,59). The summed E-state index contributed by atoms with van der Waals surface area (Å²) in [5.74, 6) is -4.74. The second-order valence-electron chi connectivity index (χ2n) is 12.8. The fourth-order valence-corrected chi connectivity index (χ4v) is 14.8. The zero-order valence-corrected chi connectivity index (χ0v) is 45.4. The Bertz CT molecular complexity index is 1830. The summed E-state index contributed by atoms with van der Waals surface area (Å²) in [6.45, 7) is -5.25. The Morgan fingerprint density at radius 3 is 1.07 bits per heavy atom. The Kier molecular flexibility index (Phi) is 25.1. The molecule has 0 saturated carbocycles. The molecule has 2 unspecified atom stereocenters. The van der Waals surface area contributed by atoms with E-state index in [1.54, 1.807) is 90.4 Å². The number of aliphatic hydroxyl groups is 8. The van der Waals surface area contributed by atoms with Crippen molar-refractivity contribution in [3.63, 3.8) is 0 Å². The van der Waals surface area contributed by atoms with Gasteiger partial charge in [-0.25, -0.2) is 0 Å². The van der Waals surface area contributed by atoms with Crippen molar-refractivity contribution in [1.29, 1.82) is 0 Å². The number of nitrogens with one attached hydrogen (secondary N) is 2. The van der Waals surface area contributed by atoms with Crippen LogP contribution in [0.4, 0.5) is 11.4 Å². The highest BCUT2D eigenvalue weighted by Gasteiger charge is 2.36. The number of rotatable bonds is 22. The van der Waals surface area contributed by atoms with Gasteiger partial charge >= 0.3 is 0 Å². The number of carbonyl (C=O) groups excluding carboxylic acids is 6. The molecule has 2 rings (SSSR count). The third-order valence-corrected chi connectivity index (χ3v) is 14.9. The lowest BCUT2D eigenvalue weighted by atomic mass is 10.0. The monoisotopic (exact) mass is 1530 g/mol. The van der Waals surface area contributed by atoms with Gasteiger partial charge < -0.3 is 71.1 Å². The van der Waals surface area contributed by atoms with Crippen LogP contribution in [0.3, 0.4) is 0 Å². The molecule has 0 radical (unpaired) electrons. The Hall–Kier alpha value is -0.680. The van der Waals surface area contributed by atoms with E-state index in [1.165, 1.54) is 23.9 Å². The van der Waals surface area contributed by atoms with E-state index in [2.05, 4.69) is 10.6 Å². The highest BCUT2D eigenvalue weighted by atomic mass is 127. The molecular weight excluding hydrogens is 1490 g/mol. The Labute approximate surface area is 432 Å². The molecule has 2 atom stereocenters. The molecule has 61 heavy (non-hydrogen) atoms. The van der Waals surface area contributed by atoms with Crippen LogP contribution >= 0.6 is 136 Å². The van der Waals surface area contributed by atoms with Crippen LogP contribution in [0.5, 0.6) is 0 Å². The Morgan fingerprint density at radius 2 is 0.787 bits per heavy atom. The molecule has 0 aliphatic carbocycles. The Balaban J connectivity index is 2.92. The molecule has 0 saturated heterocycles. The van der Waals surface area contributed by atoms with E-state index in [9.17, 15) is 69.6 Å². The second kappa shape index (κ2) is 27.1. The van der Waals surface area contributed by atoms with E-state index >= 15 is 0 Å². The van der Waals surface area contributed by atoms with Gasteiger partial charge in [-0.15, -0.1) is 0 Å². The molecule has 0 bridgehead atoms. The molecule has 0 heterocycles. The lowest BCUT2D eigenvalue weighted by Crippen LogP contribution is -2.43. The molecule has 0 spiro atoms. The summed E-state index contributed by atoms with van der Waals surface area (Å²) in [6.07, 6.45) is -3.59. The number of aliphatic hydroxyl groups excluding tert-OH is 8.